The van der Waals surface area contributed by atoms with Crippen LogP contribution in [0.4, 0.5) is 15.8 Å². The van der Waals surface area contributed by atoms with E-state index in [1.807, 2.05) is 24.3 Å². The Kier molecular flexibility index (Phi) is 7.03. The number of hydrogen-bond acceptors (Lipinski definition) is 4. The standard InChI is InChI=1S/C20H16ClFN4OS2/c1-23-19(27)12-5-8-18(24-11-12)29-15-4-2-3-13(9-15)25-20(28)26-14-6-7-17(22)16(21)10-14/h2-11H,1H3,(H,23,27)(H2,25,26,28). The summed E-state index contributed by atoms with van der Waals surface area (Å²) in [6.45, 7) is 0. The SMILES string of the molecule is CNC(=O)c1ccc(Sc2cccc(NC(=S)Nc3ccc(F)c(Cl)c3)c2)nc1. The van der Waals surface area contributed by atoms with Crippen molar-refractivity contribution in [2.24, 2.45) is 0 Å². The smallest absolute Gasteiger partial charge is 0.252 e. The fourth-order valence-corrected chi connectivity index (χ4v) is 3.58. The molecule has 2 aromatic carbocycles. The topological polar surface area (TPSA) is 66.1 Å². The molecule has 1 heterocycles. The maximum Gasteiger partial charge on any atom is 0.252 e. The summed E-state index contributed by atoms with van der Waals surface area (Å²) in [5.41, 5.74) is 1.87. The molecular weight excluding hydrogens is 431 g/mol. The van der Waals surface area contributed by atoms with Gasteiger partial charge < -0.3 is 16.0 Å². The van der Waals surface area contributed by atoms with Gasteiger partial charge in [-0.05, 0) is 60.7 Å². The third-order valence-electron chi connectivity index (χ3n) is 3.72. The van der Waals surface area contributed by atoms with Gasteiger partial charge in [-0.15, -0.1) is 0 Å². The first-order valence-electron chi connectivity index (χ1n) is 8.44. The largest absolute Gasteiger partial charge is 0.355 e. The number of amides is 1. The summed E-state index contributed by atoms with van der Waals surface area (Å²) in [7, 11) is 1.58. The molecule has 1 amide bonds. The van der Waals surface area contributed by atoms with Gasteiger partial charge in [0.2, 0.25) is 0 Å². The first-order chi connectivity index (χ1) is 13.9. The summed E-state index contributed by atoms with van der Waals surface area (Å²) in [5.74, 6) is -0.665. The van der Waals surface area contributed by atoms with E-state index < -0.39 is 5.82 Å². The van der Waals surface area contributed by atoms with Crippen molar-refractivity contribution in [3.05, 3.63) is 77.2 Å². The molecule has 0 spiro atoms. The zero-order valence-corrected chi connectivity index (χ0v) is 17.6. The monoisotopic (exact) mass is 446 g/mol. The van der Waals surface area contributed by atoms with E-state index in [2.05, 4.69) is 20.9 Å². The number of hydrogen-bond donors (Lipinski definition) is 3. The number of aromatic nitrogens is 1. The molecule has 1 aromatic heterocycles. The number of pyridine rings is 1. The van der Waals surface area contributed by atoms with Crippen molar-refractivity contribution >= 4 is 58.0 Å². The maximum atomic E-state index is 13.3. The van der Waals surface area contributed by atoms with Crippen molar-refractivity contribution in [2.45, 2.75) is 9.92 Å². The quantitative estimate of drug-likeness (QED) is 0.468. The molecule has 0 atom stereocenters. The third-order valence-corrected chi connectivity index (χ3v) is 5.15. The Hall–Kier alpha value is -2.68. The first kappa shape index (κ1) is 21.0. The highest BCUT2D eigenvalue weighted by Gasteiger charge is 2.07. The molecule has 0 aliphatic carbocycles. The number of thiocarbonyl (C=S) groups is 1. The maximum absolute atomic E-state index is 13.3. The molecule has 0 aliphatic heterocycles. The Morgan fingerprint density at radius 3 is 2.52 bits per heavy atom. The second kappa shape index (κ2) is 9.69. The first-order valence-corrected chi connectivity index (χ1v) is 10.0. The number of carbonyl (C=O) groups excluding carboxylic acids is 1. The van der Waals surface area contributed by atoms with Gasteiger partial charge in [-0.25, -0.2) is 9.37 Å². The number of halogens is 2. The van der Waals surface area contributed by atoms with Crippen molar-refractivity contribution in [1.29, 1.82) is 0 Å². The van der Waals surface area contributed by atoms with Gasteiger partial charge >= 0.3 is 0 Å². The summed E-state index contributed by atoms with van der Waals surface area (Å²) in [5, 5.41) is 9.73. The van der Waals surface area contributed by atoms with Crippen LogP contribution in [0.3, 0.4) is 0 Å². The number of rotatable bonds is 5. The Morgan fingerprint density at radius 1 is 1.10 bits per heavy atom. The molecule has 9 heteroatoms. The van der Waals surface area contributed by atoms with Gasteiger partial charge in [0.05, 0.1) is 10.6 Å². The van der Waals surface area contributed by atoms with Gasteiger partial charge in [-0.1, -0.05) is 29.4 Å². The van der Waals surface area contributed by atoms with Gasteiger partial charge in [0, 0.05) is 29.5 Å². The number of benzene rings is 2. The minimum atomic E-state index is -0.488. The molecule has 3 rings (SSSR count). The fraction of sp³-hybridized carbons (Fsp3) is 0.0500. The molecule has 29 heavy (non-hydrogen) atoms. The normalized spacial score (nSPS) is 10.3. The van der Waals surface area contributed by atoms with E-state index in [0.29, 0.717) is 16.4 Å². The Morgan fingerprint density at radius 2 is 1.86 bits per heavy atom. The summed E-state index contributed by atoms with van der Waals surface area (Å²) >= 11 is 12.5. The Labute approximate surface area is 182 Å². The minimum absolute atomic E-state index is 0.0196. The van der Waals surface area contributed by atoms with Crippen molar-refractivity contribution in [2.75, 3.05) is 17.7 Å². The second-order valence-corrected chi connectivity index (χ2v) is 7.71. The number of nitrogens with zero attached hydrogens (tertiary/aromatic N) is 1. The molecule has 3 N–H and O–H groups in total. The molecular formula is C20H16ClFN4OS2. The number of nitrogens with one attached hydrogen (secondary N) is 3. The van der Waals surface area contributed by atoms with Crippen LogP contribution in [-0.2, 0) is 0 Å². The van der Waals surface area contributed by atoms with Crippen LogP contribution < -0.4 is 16.0 Å². The van der Waals surface area contributed by atoms with Gasteiger partial charge in [0.25, 0.3) is 5.91 Å². The van der Waals surface area contributed by atoms with E-state index in [1.54, 1.807) is 25.2 Å². The molecule has 0 radical (unpaired) electrons. The lowest BCUT2D eigenvalue weighted by Gasteiger charge is -2.12. The third kappa shape index (κ3) is 5.90. The van der Waals surface area contributed by atoms with Crippen molar-refractivity contribution < 1.29 is 9.18 Å². The van der Waals surface area contributed by atoms with Gasteiger partial charge in [0.1, 0.15) is 10.8 Å². The highest BCUT2D eigenvalue weighted by Crippen LogP contribution is 2.28. The molecule has 3 aromatic rings. The second-order valence-electron chi connectivity index (χ2n) is 5.80. The summed E-state index contributed by atoms with van der Waals surface area (Å²) in [4.78, 5) is 16.8. The van der Waals surface area contributed by atoms with Crippen LogP contribution in [0.25, 0.3) is 0 Å². The van der Waals surface area contributed by atoms with E-state index in [4.69, 9.17) is 23.8 Å². The van der Waals surface area contributed by atoms with Crippen LogP contribution in [0.5, 0.6) is 0 Å². The average Bonchev–Trinajstić information content (AvgIpc) is 2.71. The van der Waals surface area contributed by atoms with Gasteiger partial charge in [0.15, 0.2) is 5.11 Å². The zero-order chi connectivity index (χ0) is 20.8. The Balaban J connectivity index is 1.63. The predicted molar refractivity (Wildman–Crippen MR) is 119 cm³/mol. The molecule has 0 aliphatic rings. The van der Waals surface area contributed by atoms with Gasteiger partial charge in [-0.2, -0.15) is 0 Å². The fourth-order valence-electron chi connectivity index (χ4n) is 2.34. The predicted octanol–water partition coefficient (Wildman–Crippen LogP) is 5.19. The van der Waals surface area contributed by atoms with E-state index in [9.17, 15) is 9.18 Å². The minimum Gasteiger partial charge on any atom is -0.355 e. The average molecular weight is 447 g/mol. The van der Waals surface area contributed by atoms with Crippen LogP contribution in [0.2, 0.25) is 5.02 Å². The van der Waals surface area contributed by atoms with Gasteiger partial charge in [-0.3, -0.25) is 4.79 Å². The summed E-state index contributed by atoms with van der Waals surface area (Å²) in [6, 6.07) is 15.4. The number of carbonyl (C=O) groups is 1. The molecule has 0 saturated heterocycles. The van der Waals surface area contributed by atoms with Crippen molar-refractivity contribution in [3.8, 4) is 0 Å². The van der Waals surface area contributed by atoms with Crippen LogP contribution in [0.1, 0.15) is 10.4 Å². The lowest BCUT2D eigenvalue weighted by atomic mass is 10.3. The van der Waals surface area contributed by atoms with Crippen LogP contribution in [-0.4, -0.2) is 23.1 Å². The lowest BCUT2D eigenvalue weighted by Crippen LogP contribution is -2.19. The molecule has 0 unspecified atom stereocenters. The van der Waals surface area contributed by atoms with Crippen LogP contribution >= 0.6 is 35.6 Å². The molecule has 5 nitrogen and oxygen atoms in total. The molecule has 0 bridgehead atoms. The Bertz CT molecular complexity index is 1050. The molecule has 148 valence electrons. The van der Waals surface area contributed by atoms with E-state index >= 15 is 0 Å². The summed E-state index contributed by atoms with van der Waals surface area (Å²) < 4.78 is 13.3. The van der Waals surface area contributed by atoms with E-state index in [0.717, 1.165) is 15.6 Å². The zero-order valence-electron chi connectivity index (χ0n) is 15.2. The van der Waals surface area contributed by atoms with Crippen molar-refractivity contribution in [3.63, 3.8) is 0 Å². The van der Waals surface area contributed by atoms with E-state index in [-0.39, 0.29) is 10.9 Å². The highest BCUT2D eigenvalue weighted by molar-refractivity contribution is 7.99. The molecule has 0 fully saturated rings. The highest BCUT2D eigenvalue weighted by atomic mass is 35.5. The van der Waals surface area contributed by atoms with E-state index in [1.165, 1.54) is 30.1 Å². The van der Waals surface area contributed by atoms with Crippen molar-refractivity contribution in [1.82, 2.24) is 10.3 Å². The molecule has 0 saturated carbocycles. The summed E-state index contributed by atoms with van der Waals surface area (Å²) in [6.07, 6.45) is 1.54. The van der Waals surface area contributed by atoms with Crippen LogP contribution in [0.15, 0.2) is 70.7 Å². The lowest BCUT2D eigenvalue weighted by molar-refractivity contribution is 0.0962. The number of anilines is 2. The van der Waals surface area contributed by atoms with Crippen LogP contribution in [0, 0.1) is 5.82 Å².